The molecule has 0 atom stereocenters. The molecular formula is C20H26N2O6S. The third-order valence-electron chi connectivity index (χ3n) is 3.68. The highest BCUT2D eigenvalue weighted by Gasteiger charge is 2.19. The molecule has 0 amide bonds. The molecule has 0 aliphatic carbocycles. The fourth-order valence-corrected chi connectivity index (χ4v) is 3.39. The number of sulfonamides is 1. The van der Waals surface area contributed by atoms with E-state index >= 15 is 0 Å². The zero-order chi connectivity index (χ0) is 21.4. The van der Waals surface area contributed by atoms with Gasteiger partial charge in [0.25, 0.3) is 10.0 Å². The zero-order valence-electron chi connectivity index (χ0n) is 17.1. The van der Waals surface area contributed by atoms with Gasteiger partial charge in [-0.05, 0) is 56.7 Å². The average Bonchev–Trinajstić information content (AvgIpc) is 2.69. The van der Waals surface area contributed by atoms with E-state index in [1.165, 1.54) is 38.6 Å². The number of nitrogens with one attached hydrogen (secondary N) is 1. The third kappa shape index (κ3) is 6.02. The Balaban J connectivity index is 2.21. The summed E-state index contributed by atoms with van der Waals surface area (Å²) in [5, 5.41) is 3.85. The monoisotopic (exact) mass is 422 g/mol. The molecule has 158 valence electrons. The lowest BCUT2D eigenvalue weighted by Gasteiger charge is -2.14. The van der Waals surface area contributed by atoms with Crippen LogP contribution in [0.25, 0.3) is 0 Å². The first kappa shape index (κ1) is 22.4. The summed E-state index contributed by atoms with van der Waals surface area (Å²) in [5.74, 6) is 1.81. The van der Waals surface area contributed by atoms with Gasteiger partial charge >= 0.3 is 0 Å². The van der Waals surface area contributed by atoms with Gasteiger partial charge in [-0.25, -0.2) is 0 Å². The van der Waals surface area contributed by atoms with Crippen molar-refractivity contribution >= 4 is 16.2 Å². The van der Waals surface area contributed by atoms with Crippen molar-refractivity contribution < 1.29 is 27.4 Å². The summed E-state index contributed by atoms with van der Waals surface area (Å²) in [6.45, 7) is 6.19. The molecule has 29 heavy (non-hydrogen) atoms. The summed E-state index contributed by atoms with van der Waals surface area (Å²) in [6.07, 6.45) is 1.38. The number of hydrogen-bond donors (Lipinski definition) is 1. The topological polar surface area (TPSA) is 95.5 Å². The highest BCUT2D eigenvalue weighted by Crippen LogP contribution is 2.29. The van der Waals surface area contributed by atoms with Crippen LogP contribution in [0.1, 0.15) is 26.3 Å². The largest absolute Gasteiger partial charge is 0.497 e. The van der Waals surface area contributed by atoms with Gasteiger partial charge in [0.15, 0.2) is 11.5 Å². The summed E-state index contributed by atoms with van der Waals surface area (Å²) >= 11 is 0. The molecule has 2 aromatic carbocycles. The van der Waals surface area contributed by atoms with E-state index in [0.29, 0.717) is 29.4 Å². The lowest BCUT2D eigenvalue weighted by atomic mass is 10.2. The van der Waals surface area contributed by atoms with Gasteiger partial charge < -0.3 is 18.9 Å². The maximum atomic E-state index is 12.6. The van der Waals surface area contributed by atoms with E-state index in [2.05, 4.69) is 9.93 Å². The molecule has 8 nitrogen and oxygen atoms in total. The minimum absolute atomic E-state index is 0.00000916. The Hall–Kier alpha value is -2.94. The lowest BCUT2D eigenvalue weighted by molar-refractivity contribution is 0.224. The number of hydrazone groups is 1. The molecule has 0 saturated carbocycles. The fraction of sp³-hybridized carbons (Fsp3) is 0.350. The molecule has 0 aromatic heterocycles. The SMILES string of the molecule is CCOc1cc(C=NNS(=O)(=O)c2ccc(OC)cc2OC)ccc1OC(C)C. The van der Waals surface area contributed by atoms with Gasteiger partial charge in [-0.3, -0.25) is 0 Å². The predicted octanol–water partition coefficient (Wildman–Crippen LogP) is 3.20. The third-order valence-corrected chi connectivity index (χ3v) is 4.94. The quantitative estimate of drug-likeness (QED) is 0.467. The highest BCUT2D eigenvalue weighted by atomic mass is 32.2. The number of rotatable bonds is 10. The van der Waals surface area contributed by atoms with E-state index in [4.69, 9.17) is 18.9 Å². The van der Waals surface area contributed by atoms with Crippen LogP contribution in [0, 0.1) is 0 Å². The Labute approximate surface area is 171 Å². The van der Waals surface area contributed by atoms with Crippen molar-refractivity contribution in [2.24, 2.45) is 5.10 Å². The fourth-order valence-electron chi connectivity index (χ4n) is 2.44. The summed E-state index contributed by atoms with van der Waals surface area (Å²) in [5.41, 5.74) is 0.647. The molecule has 0 fully saturated rings. The maximum Gasteiger partial charge on any atom is 0.280 e. The Kier molecular flexibility index (Phi) is 7.72. The number of benzene rings is 2. The van der Waals surface area contributed by atoms with Gasteiger partial charge in [0, 0.05) is 6.07 Å². The van der Waals surface area contributed by atoms with Crippen LogP contribution in [-0.2, 0) is 10.0 Å². The Morgan fingerprint density at radius 2 is 1.79 bits per heavy atom. The van der Waals surface area contributed by atoms with E-state index < -0.39 is 10.0 Å². The van der Waals surface area contributed by atoms with Crippen LogP contribution in [0.3, 0.4) is 0 Å². The number of hydrogen-bond acceptors (Lipinski definition) is 7. The van der Waals surface area contributed by atoms with Gasteiger partial charge in [-0.1, -0.05) is 0 Å². The molecular weight excluding hydrogens is 396 g/mol. The second kappa shape index (κ2) is 10.0. The van der Waals surface area contributed by atoms with E-state index in [1.807, 2.05) is 20.8 Å². The molecule has 0 bridgehead atoms. The minimum Gasteiger partial charge on any atom is -0.497 e. The second-order valence-electron chi connectivity index (χ2n) is 6.18. The molecule has 9 heteroatoms. The summed E-state index contributed by atoms with van der Waals surface area (Å²) in [6, 6.07) is 9.65. The van der Waals surface area contributed by atoms with Gasteiger partial charge in [-0.15, -0.1) is 0 Å². The molecule has 1 N–H and O–H groups in total. The number of ether oxygens (including phenoxy) is 4. The van der Waals surface area contributed by atoms with Crippen LogP contribution in [-0.4, -0.2) is 41.6 Å². The molecule has 0 saturated heterocycles. The Bertz CT molecular complexity index is 957. The predicted molar refractivity (Wildman–Crippen MR) is 111 cm³/mol. The molecule has 2 rings (SSSR count). The van der Waals surface area contributed by atoms with E-state index in [0.717, 1.165) is 0 Å². The van der Waals surface area contributed by atoms with Crippen LogP contribution < -0.4 is 23.8 Å². The van der Waals surface area contributed by atoms with E-state index in [-0.39, 0.29) is 16.7 Å². The van der Waals surface area contributed by atoms with Crippen LogP contribution in [0.2, 0.25) is 0 Å². The van der Waals surface area contributed by atoms with Crippen molar-refractivity contribution in [1.82, 2.24) is 4.83 Å². The maximum absolute atomic E-state index is 12.6. The van der Waals surface area contributed by atoms with Crippen molar-refractivity contribution in [1.29, 1.82) is 0 Å². The molecule has 0 radical (unpaired) electrons. The van der Waals surface area contributed by atoms with E-state index in [9.17, 15) is 8.42 Å². The standard InChI is InChI=1S/C20H26N2O6S/c1-6-27-18-11-15(7-9-17(18)28-14(2)3)13-21-22-29(23,24)20-10-8-16(25-4)12-19(20)26-5/h7-14,22H,6H2,1-5H3. The summed E-state index contributed by atoms with van der Waals surface area (Å²) in [4.78, 5) is 2.14. The van der Waals surface area contributed by atoms with Gasteiger partial charge in [0.2, 0.25) is 0 Å². The number of methoxy groups -OCH3 is 2. The molecule has 0 spiro atoms. The normalized spacial score (nSPS) is 11.5. The second-order valence-corrected chi connectivity index (χ2v) is 7.80. The van der Waals surface area contributed by atoms with Crippen LogP contribution in [0.15, 0.2) is 46.4 Å². The van der Waals surface area contributed by atoms with Crippen molar-refractivity contribution in [2.75, 3.05) is 20.8 Å². The van der Waals surface area contributed by atoms with Crippen molar-refractivity contribution in [3.63, 3.8) is 0 Å². The summed E-state index contributed by atoms with van der Waals surface area (Å²) < 4.78 is 46.6. The van der Waals surface area contributed by atoms with Crippen LogP contribution in [0.4, 0.5) is 0 Å². The zero-order valence-corrected chi connectivity index (χ0v) is 17.9. The first-order chi connectivity index (χ1) is 13.8. The molecule has 0 heterocycles. The van der Waals surface area contributed by atoms with Gasteiger partial charge in [-0.2, -0.15) is 18.4 Å². The van der Waals surface area contributed by atoms with Gasteiger partial charge in [0.05, 0.1) is 33.1 Å². The van der Waals surface area contributed by atoms with Crippen molar-refractivity contribution in [3.8, 4) is 23.0 Å². The molecule has 2 aromatic rings. The molecule has 0 aliphatic heterocycles. The first-order valence-electron chi connectivity index (χ1n) is 9.01. The lowest BCUT2D eigenvalue weighted by Crippen LogP contribution is -2.19. The summed E-state index contributed by atoms with van der Waals surface area (Å²) in [7, 11) is -1.06. The van der Waals surface area contributed by atoms with Crippen LogP contribution >= 0.6 is 0 Å². The molecule has 0 aliphatic rings. The van der Waals surface area contributed by atoms with Crippen LogP contribution in [0.5, 0.6) is 23.0 Å². The highest BCUT2D eigenvalue weighted by molar-refractivity contribution is 7.89. The first-order valence-corrected chi connectivity index (χ1v) is 10.5. The van der Waals surface area contributed by atoms with Crippen molar-refractivity contribution in [2.45, 2.75) is 31.8 Å². The minimum atomic E-state index is -3.93. The average molecular weight is 423 g/mol. The van der Waals surface area contributed by atoms with E-state index in [1.54, 1.807) is 18.2 Å². The smallest absolute Gasteiger partial charge is 0.280 e. The van der Waals surface area contributed by atoms with Crippen molar-refractivity contribution in [3.05, 3.63) is 42.0 Å². The Morgan fingerprint density at radius 3 is 2.41 bits per heavy atom. The number of nitrogens with zero attached hydrogens (tertiary/aromatic N) is 1. The van der Waals surface area contributed by atoms with Gasteiger partial charge in [0.1, 0.15) is 16.4 Å². The Morgan fingerprint density at radius 1 is 1.03 bits per heavy atom. The molecule has 0 unspecified atom stereocenters.